The van der Waals surface area contributed by atoms with Crippen LogP contribution >= 0.6 is 11.3 Å². The van der Waals surface area contributed by atoms with Gasteiger partial charge in [0.2, 0.25) is 6.17 Å². The zero-order valence-corrected chi connectivity index (χ0v) is 6.79. The molecule has 5 heteroatoms. The Balaban J connectivity index is 2.71. The first-order valence-electron chi connectivity index (χ1n) is 3.21. The highest BCUT2D eigenvalue weighted by Crippen LogP contribution is 2.23. The lowest BCUT2D eigenvalue weighted by molar-refractivity contribution is -0.147. The van der Waals surface area contributed by atoms with Gasteiger partial charge in [0.1, 0.15) is 6.10 Å². The maximum Gasteiger partial charge on any atom is 0.341 e. The maximum absolute atomic E-state index is 12.6. The van der Waals surface area contributed by atoms with Gasteiger partial charge in [0.25, 0.3) is 0 Å². The Kier molecular flexibility index (Phi) is 2.78. The predicted octanol–water partition coefficient (Wildman–Crippen LogP) is 1.20. The first kappa shape index (κ1) is 9.15. The lowest BCUT2D eigenvalue weighted by Crippen LogP contribution is -2.22. The van der Waals surface area contributed by atoms with Crippen molar-refractivity contribution in [2.75, 3.05) is 0 Å². The van der Waals surface area contributed by atoms with Gasteiger partial charge in [0, 0.05) is 4.88 Å². The van der Waals surface area contributed by atoms with E-state index in [2.05, 4.69) is 0 Å². The van der Waals surface area contributed by atoms with Crippen molar-refractivity contribution in [2.24, 2.45) is 0 Å². The normalized spacial score (nSPS) is 15.5. The van der Waals surface area contributed by atoms with Gasteiger partial charge in [-0.05, 0) is 11.4 Å². The lowest BCUT2D eigenvalue weighted by Gasteiger charge is -2.08. The molecule has 0 aliphatic carbocycles. The Morgan fingerprint density at radius 1 is 1.67 bits per heavy atom. The average Bonchev–Trinajstić information content (AvgIpc) is 2.53. The molecule has 0 bridgehead atoms. The van der Waals surface area contributed by atoms with Gasteiger partial charge in [-0.2, -0.15) is 0 Å². The minimum atomic E-state index is -2.25. The number of hydrogen-bond donors (Lipinski definition) is 2. The van der Waals surface area contributed by atoms with E-state index >= 15 is 0 Å². The summed E-state index contributed by atoms with van der Waals surface area (Å²) in [5.74, 6) is -1.64. The molecule has 0 aromatic carbocycles. The van der Waals surface area contributed by atoms with Crippen LogP contribution in [0.3, 0.4) is 0 Å². The van der Waals surface area contributed by atoms with E-state index in [1.165, 1.54) is 6.07 Å². The lowest BCUT2D eigenvalue weighted by atomic mass is 10.2. The summed E-state index contributed by atoms with van der Waals surface area (Å²) in [5.41, 5.74) is 0. The molecule has 1 heterocycles. The molecule has 1 aromatic heterocycles. The Bertz CT molecular complexity index is 260. The second-order valence-electron chi connectivity index (χ2n) is 2.20. The number of hydrogen-bond acceptors (Lipinski definition) is 3. The van der Waals surface area contributed by atoms with Gasteiger partial charge >= 0.3 is 5.97 Å². The second kappa shape index (κ2) is 3.64. The van der Waals surface area contributed by atoms with Gasteiger partial charge in [-0.15, -0.1) is 11.3 Å². The molecule has 0 fully saturated rings. The summed E-state index contributed by atoms with van der Waals surface area (Å²) in [7, 11) is 0. The smallest absolute Gasteiger partial charge is 0.341 e. The van der Waals surface area contributed by atoms with Crippen molar-refractivity contribution in [3.63, 3.8) is 0 Å². The molecule has 0 radical (unpaired) electrons. The Hall–Kier alpha value is -0.940. The molecular weight excluding hydrogens is 183 g/mol. The topological polar surface area (TPSA) is 57.5 Å². The number of aliphatic hydroxyl groups excluding tert-OH is 1. The molecule has 0 aliphatic heterocycles. The van der Waals surface area contributed by atoms with Crippen molar-refractivity contribution >= 4 is 17.3 Å². The van der Waals surface area contributed by atoms with Gasteiger partial charge in [0.15, 0.2) is 0 Å². The number of aliphatic hydroxyl groups is 1. The van der Waals surface area contributed by atoms with Crippen LogP contribution in [0, 0.1) is 0 Å². The van der Waals surface area contributed by atoms with E-state index in [-0.39, 0.29) is 0 Å². The Morgan fingerprint density at radius 2 is 2.33 bits per heavy atom. The number of alkyl halides is 1. The van der Waals surface area contributed by atoms with Crippen LogP contribution in [0.1, 0.15) is 11.0 Å². The van der Waals surface area contributed by atoms with E-state index in [1.807, 2.05) is 0 Å². The zero-order valence-electron chi connectivity index (χ0n) is 5.98. The van der Waals surface area contributed by atoms with Gasteiger partial charge in [0.05, 0.1) is 0 Å². The van der Waals surface area contributed by atoms with E-state index < -0.39 is 18.2 Å². The van der Waals surface area contributed by atoms with Crippen LogP contribution in [0.25, 0.3) is 0 Å². The number of carbonyl (C=O) groups is 1. The third-order valence-corrected chi connectivity index (χ3v) is 2.29. The third-order valence-electron chi connectivity index (χ3n) is 1.35. The average molecular weight is 190 g/mol. The molecule has 66 valence electrons. The molecule has 2 atom stereocenters. The third kappa shape index (κ3) is 1.80. The standard InChI is InChI=1S/C7H7FO3S/c8-5(7(10)11)6(9)4-2-1-3-12-4/h1-3,5-6,9H,(H,10,11). The first-order valence-corrected chi connectivity index (χ1v) is 4.09. The molecule has 0 saturated heterocycles. The SMILES string of the molecule is O=C(O)C(F)C(O)c1cccs1. The predicted molar refractivity (Wildman–Crippen MR) is 41.8 cm³/mol. The van der Waals surface area contributed by atoms with Crippen molar-refractivity contribution in [3.8, 4) is 0 Å². The van der Waals surface area contributed by atoms with E-state index in [0.29, 0.717) is 4.88 Å². The molecule has 0 amide bonds. The van der Waals surface area contributed by atoms with Crippen LogP contribution in [0.2, 0.25) is 0 Å². The van der Waals surface area contributed by atoms with Crippen LogP contribution in [0.15, 0.2) is 17.5 Å². The highest BCUT2D eigenvalue weighted by Gasteiger charge is 2.27. The molecule has 1 aromatic rings. The number of thiophene rings is 1. The number of carboxylic acid groups (broad SMARTS) is 1. The molecule has 2 unspecified atom stereocenters. The summed E-state index contributed by atoms with van der Waals surface area (Å²) in [4.78, 5) is 10.4. The van der Waals surface area contributed by atoms with E-state index in [0.717, 1.165) is 11.3 Å². The fourth-order valence-corrected chi connectivity index (χ4v) is 1.47. The number of rotatable bonds is 3. The van der Waals surface area contributed by atoms with Crippen LogP contribution in [-0.4, -0.2) is 22.4 Å². The van der Waals surface area contributed by atoms with Crippen LogP contribution in [0.4, 0.5) is 4.39 Å². The largest absolute Gasteiger partial charge is 0.479 e. The van der Waals surface area contributed by atoms with Crippen LogP contribution in [0.5, 0.6) is 0 Å². The van der Waals surface area contributed by atoms with Gasteiger partial charge in [-0.3, -0.25) is 0 Å². The Morgan fingerprint density at radius 3 is 2.75 bits per heavy atom. The minimum absolute atomic E-state index is 0.324. The van der Waals surface area contributed by atoms with Crippen molar-refractivity contribution < 1.29 is 19.4 Å². The van der Waals surface area contributed by atoms with Gasteiger partial charge < -0.3 is 10.2 Å². The van der Waals surface area contributed by atoms with Crippen LogP contribution in [-0.2, 0) is 4.79 Å². The van der Waals surface area contributed by atoms with Crippen molar-refractivity contribution in [1.29, 1.82) is 0 Å². The van der Waals surface area contributed by atoms with E-state index in [4.69, 9.17) is 10.2 Å². The van der Waals surface area contributed by atoms with E-state index in [1.54, 1.807) is 11.4 Å². The van der Waals surface area contributed by atoms with E-state index in [9.17, 15) is 9.18 Å². The van der Waals surface area contributed by atoms with Crippen molar-refractivity contribution in [1.82, 2.24) is 0 Å². The second-order valence-corrected chi connectivity index (χ2v) is 3.18. The highest BCUT2D eigenvalue weighted by molar-refractivity contribution is 7.10. The quantitative estimate of drug-likeness (QED) is 0.753. The maximum atomic E-state index is 12.6. The Labute approximate surface area is 72.1 Å². The molecule has 2 N–H and O–H groups in total. The number of halogens is 1. The molecule has 12 heavy (non-hydrogen) atoms. The molecule has 3 nitrogen and oxygen atoms in total. The highest BCUT2D eigenvalue weighted by atomic mass is 32.1. The van der Waals surface area contributed by atoms with Gasteiger partial charge in [-0.25, -0.2) is 9.18 Å². The first-order chi connectivity index (χ1) is 5.63. The summed E-state index contributed by atoms with van der Waals surface area (Å²) < 4.78 is 12.6. The minimum Gasteiger partial charge on any atom is -0.479 e. The molecule has 0 saturated carbocycles. The molecule has 1 rings (SSSR count). The zero-order chi connectivity index (χ0) is 9.14. The molecule has 0 aliphatic rings. The summed E-state index contributed by atoms with van der Waals surface area (Å²) in [6.07, 6.45) is -3.80. The molecular formula is C7H7FO3S. The van der Waals surface area contributed by atoms with Crippen molar-refractivity contribution in [2.45, 2.75) is 12.3 Å². The summed E-state index contributed by atoms with van der Waals surface area (Å²) in [6, 6.07) is 3.11. The summed E-state index contributed by atoms with van der Waals surface area (Å²) in [6.45, 7) is 0. The summed E-state index contributed by atoms with van der Waals surface area (Å²) >= 11 is 1.12. The van der Waals surface area contributed by atoms with Crippen LogP contribution < -0.4 is 0 Å². The number of aliphatic carboxylic acids is 1. The van der Waals surface area contributed by atoms with Gasteiger partial charge in [-0.1, -0.05) is 6.07 Å². The van der Waals surface area contributed by atoms with Crippen molar-refractivity contribution in [3.05, 3.63) is 22.4 Å². The fraction of sp³-hybridized carbons (Fsp3) is 0.286. The number of carboxylic acids is 1. The monoisotopic (exact) mass is 190 g/mol. The summed E-state index contributed by atoms with van der Waals surface area (Å²) in [5, 5.41) is 19.0. The fourth-order valence-electron chi connectivity index (χ4n) is 0.739. The molecule has 0 spiro atoms.